The minimum Gasteiger partial charge on any atom is -0.378 e. The van der Waals surface area contributed by atoms with Gasteiger partial charge in [-0.05, 0) is 41.3 Å². The van der Waals surface area contributed by atoms with Crippen molar-refractivity contribution >= 4 is 37.3 Å². The van der Waals surface area contributed by atoms with Gasteiger partial charge in [0.2, 0.25) is 10.0 Å². The van der Waals surface area contributed by atoms with Crippen molar-refractivity contribution in [2.24, 2.45) is 5.73 Å². The summed E-state index contributed by atoms with van der Waals surface area (Å²) in [5.74, 6) is 0. The summed E-state index contributed by atoms with van der Waals surface area (Å²) in [6.07, 6.45) is 2.98. The average Bonchev–Trinajstić information content (AvgIpc) is 2.98. The second kappa shape index (κ2) is 6.64. The molecule has 1 aliphatic heterocycles. The Morgan fingerprint density at radius 2 is 2.37 bits per heavy atom. The summed E-state index contributed by atoms with van der Waals surface area (Å²) in [6.45, 7) is 1.52. The Kier molecular flexibility index (Phi) is 5.38. The van der Waals surface area contributed by atoms with E-state index in [0.717, 1.165) is 24.3 Å². The van der Waals surface area contributed by atoms with Gasteiger partial charge < -0.3 is 10.5 Å². The van der Waals surface area contributed by atoms with Gasteiger partial charge in [-0.15, -0.1) is 11.3 Å². The van der Waals surface area contributed by atoms with Gasteiger partial charge in [0.15, 0.2) is 0 Å². The van der Waals surface area contributed by atoms with Crippen LogP contribution in [0.2, 0.25) is 0 Å². The van der Waals surface area contributed by atoms with E-state index in [0.29, 0.717) is 23.3 Å². The highest BCUT2D eigenvalue weighted by Gasteiger charge is 2.21. The molecule has 2 rings (SSSR count). The molecule has 1 aliphatic rings. The number of hydrogen-bond acceptors (Lipinski definition) is 5. The van der Waals surface area contributed by atoms with Gasteiger partial charge in [-0.3, -0.25) is 0 Å². The molecule has 0 aliphatic carbocycles. The van der Waals surface area contributed by atoms with Crippen molar-refractivity contribution in [3.8, 4) is 0 Å². The van der Waals surface area contributed by atoms with Gasteiger partial charge in [-0.25, -0.2) is 13.1 Å². The van der Waals surface area contributed by atoms with E-state index in [1.165, 1.54) is 11.3 Å². The molecule has 0 aromatic carbocycles. The van der Waals surface area contributed by atoms with Crippen LogP contribution in [0.5, 0.6) is 0 Å². The number of hydrogen-bond donors (Lipinski definition) is 2. The van der Waals surface area contributed by atoms with Crippen LogP contribution >= 0.6 is 27.3 Å². The van der Waals surface area contributed by atoms with Crippen LogP contribution in [0.4, 0.5) is 0 Å². The van der Waals surface area contributed by atoms with E-state index in [-0.39, 0.29) is 11.0 Å². The normalized spacial score (nSPS) is 20.0. The fraction of sp³-hybridized carbons (Fsp3) is 0.636. The van der Waals surface area contributed by atoms with E-state index in [1.807, 2.05) is 0 Å². The van der Waals surface area contributed by atoms with Crippen LogP contribution in [-0.2, 0) is 21.3 Å². The molecule has 1 aromatic heterocycles. The lowest BCUT2D eigenvalue weighted by Crippen LogP contribution is -2.27. The standard InChI is InChI=1S/C11H17BrN2O3S2/c12-11-10(6-9(7-13)18-11)19(15,16)14-4-3-8-2-1-5-17-8/h6,8,14H,1-5,7,13H2. The molecule has 0 radical (unpaired) electrons. The van der Waals surface area contributed by atoms with Crippen LogP contribution in [0.15, 0.2) is 14.7 Å². The SMILES string of the molecule is NCc1cc(S(=O)(=O)NCCC2CCCO2)c(Br)s1. The van der Waals surface area contributed by atoms with Gasteiger partial charge in [0.25, 0.3) is 0 Å². The molecule has 3 N–H and O–H groups in total. The maximum Gasteiger partial charge on any atom is 0.242 e. The summed E-state index contributed by atoms with van der Waals surface area (Å²) in [7, 11) is -3.47. The van der Waals surface area contributed by atoms with Crippen LogP contribution in [0.3, 0.4) is 0 Å². The highest BCUT2D eigenvalue weighted by molar-refractivity contribution is 9.11. The Balaban J connectivity index is 1.95. The van der Waals surface area contributed by atoms with E-state index in [2.05, 4.69) is 20.7 Å². The molecule has 5 nitrogen and oxygen atoms in total. The van der Waals surface area contributed by atoms with E-state index in [9.17, 15) is 8.42 Å². The maximum atomic E-state index is 12.1. The Bertz CT molecular complexity index is 524. The molecule has 0 spiro atoms. The molecule has 108 valence electrons. The van der Waals surface area contributed by atoms with Gasteiger partial charge in [0.05, 0.1) is 9.89 Å². The first-order valence-corrected chi connectivity index (χ1v) is 9.22. The number of nitrogens with one attached hydrogen (secondary N) is 1. The number of ether oxygens (including phenoxy) is 1. The first-order valence-electron chi connectivity index (χ1n) is 6.12. The van der Waals surface area contributed by atoms with Crippen LogP contribution in [0, 0.1) is 0 Å². The van der Waals surface area contributed by atoms with Crippen molar-refractivity contribution in [2.45, 2.75) is 36.8 Å². The van der Waals surface area contributed by atoms with E-state index in [4.69, 9.17) is 10.5 Å². The Labute approximate surface area is 125 Å². The first-order chi connectivity index (χ1) is 9.03. The van der Waals surface area contributed by atoms with Gasteiger partial charge in [0, 0.05) is 24.6 Å². The minimum absolute atomic E-state index is 0.188. The topological polar surface area (TPSA) is 81.4 Å². The van der Waals surface area contributed by atoms with E-state index < -0.39 is 10.0 Å². The zero-order chi connectivity index (χ0) is 13.9. The van der Waals surface area contributed by atoms with Crippen LogP contribution in [0.25, 0.3) is 0 Å². The quantitative estimate of drug-likeness (QED) is 0.802. The van der Waals surface area contributed by atoms with Crippen molar-refractivity contribution in [3.05, 3.63) is 14.7 Å². The summed E-state index contributed by atoms with van der Waals surface area (Å²) < 4.78 is 32.9. The second-order valence-electron chi connectivity index (χ2n) is 4.38. The Morgan fingerprint density at radius 1 is 1.58 bits per heavy atom. The van der Waals surface area contributed by atoms with Crippen LogP contribution in [0.1, 0.15) is 24.1 Å². The molecule has 1 unspecified atom stereocenters. The fourth-order valence-electron chi connectivity index (χ4n) is 1.99. The smallest absolute Gasteiger partial charge is 0.242 e. The first kappa shape index (κ1) is 15.4. The lowest BCUT2D eigenvalue weighted by atomic mass is 10.2. The van der Waals surface area contributed by atoms with Crippen molar-refractivity contribution in [1.82, 2.24) is 4.72 Å². The average molecular weight is 369 g/mol. The highest BCUT2D eigenvalue weighted by atomic mass is 79.9. The third kappa shape index (κ3) is 3.99. The fourth-order valence-corrected chi connectivity index (χ4v) is 5.59. The molecule has 2 heterocycles. The molecule has 8 heteroatoms. The molecule has 1 aromatic rings. The molecule has 1 atom stereocenters. The molecule has 0 bridgehead atoms. The number of nitrogens with two attached hydrogens (primary N) is 1. The maximum absolute atomic E-state index is 12.1. The number of sulfonamides is 1. The summed E-state index contributed by atoms with van der Waals surface area (Å²) in [5, 5.41) is 0. The van der Waals surface area contributed by atoms with Crippen molar-refractivity contribution in [2.75, 3.05) is 13.2 Å². The summed E-state index contributed by atoms with van der Waals surface area (Å²) >= 11 is 4.62. The number of rotatable bonds is 6. The largest absolute Gasteiger partial charge is 0.378 e. The van der Waals surface area contributed by atoms with Gasteiger partial charge in [-0.2, -0.15) is 0 Å². The summed E-state index contributed by atoms with van der Waals surface area (Å²) in [6, 6.07) is 1.61. The lowest BCUT2D eigenvalue weighted by molar-refractivity contribution is 0.105. The lowest BCUT2D eigenvalue weighted by Gasteiger charge is -2.10. The van der Waals surface area contributed by atoms with Gasteiger partial charge >= 0.3 is 0 Å². The molecule has 1 fully saturated rings. The summed E-state index contributed by atoms with van der Waals surface area (Å²) in [5.41, 5.74) is 5.52. The van der Waals surface area contributed by atoms with Crippen molar-refractivity contribution < 1.29 is 13.2 Å². The zero-order valence-electron chi connectivity index (χ0n) is 10.4. The van der Waals surface area contributed by atoms with E-state index >= 15 is 0 Å². The second-order valence-corrected chi connectivity index (χ2v) is 8.57. The third-order valence-electron chi connectivity index (χ3n) is 2.98. The third-order valence-corrected chi connectivity index (χ3v) is 6.72. The predicted molar refractivity (Wildman–Crippen MR) is 78.7 cm³/mol. The van der Waals surface area contributed by atoms with Crippen molar-refractivity contribution in [3.63, 3.8) is 0 Å². The molecule has 19 heavy (non-hydrogen) atoms. The van der Waals surface area contributed by atoms with Gasteiger partial charge in [-0.1, -0.05) is 0 Å². The van der Waals surface area contributed by atoms with Crippen molar-refractivity contribution in [1.29, 1.82) is 0 Å². The number of thiophene rings is 1. The van der Waals surface area contributed by atoms with Crippen LogP contribution < -0.4 is 10.5 Å². The number of halogens is 1. The van der Waals surface area contributed by atoms with Crippen LogP contribution in [-0.4, -0.2) is 27.7 Å². The molecular weight excluding hydrogens is 352 g/mol. The predicted octanol–water partition coefficient (Wildman–Crippen LogP) is 1.82. The Hall–Kier alpha value is 0.01000. The summed E-state index contributed by atoms with van der Waals surface area (Å²) in [4.78, 5) is 1.11. The highest BCUT2D eigenvalue weighted by Crippen LogP contribution is 2.31. The Morgan fingerprint density at radius 3 is 2.95 bits per heavy atom. The zero-order valence-corrected chi connectivity index (χ0v) is 13.6. The van der Waals surface area contributed by atoms with Gasteiger partial charge in [0.1, 0.15) is 4.90 Å². The molecular formula is C11H17BrN2O3S2. The van der Waals surface area contributed by atoms with E-state index in [1.54, 1.807) is 6.07 Å². The monoisotopic (exact) mass is 368 g/mol. The molecule has 0 amide bonds. The molecule has 1 saturated heterocycles. The minimum atomic E-state index is -3.47. The molecule has 0 saturated carbocycles.